The third kappa shape index (κ3) is 4.62. The van der Waals surface area contributed by atoms with E-state index in [9.17, 15) is 4.79 Å². The van der Waals surface area contributed by atoms with Gasteiger partial charge in [0.25, 0.3) is 5.56 Å². The summed E-state index contributed by atoms with van der Waals surface area (Å²) < 4.78 is 6.79. The SMILES string of the molecule is O=c1c2ccccc2c2cc(-c3ccc4c5ccc(-n6c7ccccc7c7cc8c9ccccc9n(-c9ccccc9)c8cc76)cc5c5ccccc5c4c3)cc3c4ccccc4n1c23. The fourth-order valence-electron chi connectivity index (χ4n) is 11.5. The van der Waals surface area contributed by atoms with E-state index in [0.29, 0.717) is 0 Å². The molecule has 0 unspecified atom stereocenters. The van der Waals surface area contributed by atoms with Crippen LogP contribution in [0.1, 0.15) is 0 Å². The molecular formula is C61H35N3O. The third-order valence-electron chi connectivity index (χ3n) is 14.3. The van der Waals surface area contributed by atoms with Gasteiger partial charge in [0.2, 0.25) is 0 Å². The van der Waals surface area contributed by atoms with E-state index in [2.05, 4.69) is 197 Å². The van der Waals surface area contributed by atoms with E-state index in [0.717, 1.165) is 60.5 Å². The number of fused-ring (bicyclic) bond motifs is 17. The van der Waals surface area contributed by atoms with Crippen molar-refractivity contribution in [3.8, 4) is 22.5 Å². The monoisotopic (exact) mass is 825 g/mol. The maximum atomic E-state index is 14.0. The molecule has 11 aromatic carbocycles. The summed E-state index contributed by atoms with van der Waals surface area (Å²) in [5.41, 5.74) is 11.3. The molecular weight excluding hydrogens is 791 g/mol. The Kier molecular flexibility index (Phi) is 6.79. The number of nitrogens with zero attached hydrogens (tertiary/aromatic N) is 3. The van der Waals surface area contributed by atoms with Gasteiger partial charge in [0.15, 0.2) is 0 Å². The topological polar surface area (TPSA) is 31.3 Å². The lowest BCUT2D eigenvalue weighted by Gasteiger charge is -2.15. The van der Waals surface area contributed by atoms with Crippen molar-refractivity contribution in [2.24, 2.45) is 0 Å². The van der Waals surface area contributed by atoms with Crippen LogP contribution in [0.2, 0.25) is 0 Å². The summed E-state index contributed by atoms with van der Waals surface area (Å²) in [5, 5.41) is 17.3. The molecule has 0 atom stereocenters. The van der Waals surface area contributed by atoms with Gasteiger partial charge in [-0.15, -0.1) is 0 Å². The minimum absolute atomic E-state index is 0.0293. The molecule has 15 aromatic rings. The maximum absolute atomic E-state index is 14.0. The van der Waals surface area contributed by atoms with Gasteiger partial charge in [-0.3, -0.25) is 9.20 Å². The second-order valence-corrected chi connectivity index (χ2v) is 17.6. The lowest BCUT2D eigenvalue weighted by Crippen LogP contribution is -2.12. The number of hydrogen-bond acceptors (Lipinski definition) is 1. The number of hydrogen-bond donors (Lipinski definition) is 0. The van der Waals surface area contributed by atoms with Gasteiger partial charge in [-0.1, -0.05) is 133 Å². The zero-order chi connectivity index (χ0) is 42.5. The summed E-state index contributed by atoms with van der Waals surface area (Å²) in [5.74, 6) is 0. The molecule has 65 heavy (non-hydrogen) atoms. The minimum Gasteiger partial charge on any atom is -0.309 e. The first-order valence-electron chi connectivity index (χ1n) is 22.3. The summed E-state index contributed by atoms with van der Waals surface area (Å²) in [6, 6.07) is 76.9. The molecule has 0 aliphatic rings. The van der Waals surface area contributed by atoms with Crippen molar-refractivity contribution in [1.82, 2.24) is 13.5 Å². The first-order valence-corrected chi connectivity index (χ1v) is 22.3. The van der Waals surface area contributed by atoms with Gasteiger partial charge in [-0.2, -0.15) is 0 Å². The first-order chi connectivity index (χ1) is 32.2. The predicted octanol–water partition coefficient (Wildman–Crippen LogP) is 15.5. The van der Waals surface area contributed by atoms with E-state index < -0.39 is 0 Å². The van der Waals surface area contributed by atoms with E-state index in [-0.39, 0.29) is 5.56 Å². The number of rotatable bonds is 3. The molecule has 0 radical (unpaired) electrons. The molecule has 4 aromatic heterocycles. The molecule has 0 amide bonds. The molecule has 0 saturated carbocycles. The molecule has 0 bridgehead atoms. The highest BCUT2D eigenvalue weighted by atomic mass is 16.1. The van der Waals surface area contributed by atoms with E-state index in [4.69, 9.17) is 0 Å². The highest BCUT2D eigenvalue weighted by Crippen LogP contribution is 2.44. The minimum atomic E-state index is 0.0293. The normalized spacial score (nSPS) is 12.4. The van der Waals surface area contributed by atoms with Gasteiger partial charge in [0.1, 0.15) is 0 Å². The molecule has 15 rings (SSSR count). The highest BCUT2D eigenvalue weighted by molar-refractivity contribution is 6.27. The fourth-order valence-corrected chi connectivity index (χ4v) is 11.5. The van der Waals surface area contributed by atoms with Crippen molar-refractivity contribution in [2.45, 2.75) is 0 Å². The van der Waals surface area contributed by atoms with Crippen molar-refractivity contribution >= 4 is 114 Å². The standard InChI is InChI=1S/C61H35N3O/c65-61-48-22-7-6-18-42(48)53-31-37(32-54-47-21-10-13-25-57(47)64(61)60(53)54)36-26-28-43-44-29-27-39(33-50(44)41-17-5-4-16-40(41)49(43)30-36)63-56-24-12-9-20-46(56)52-34-51-45-19-8-11-23-55(45)62(58(51)35-59(52)63)38-14-2-1-3-15-38/h1-35H. The Labute approximate surface area is 371 Å². The van der Waals surface area contributed by atoms with Crippen molar-refractivity contribution in [2.75, 3.05) is 0 Å². The fraction of sp³-hybridized carbons (Fsp3) is 0. The number of para-hydroxylation sites is 4. The van der Waals surface area contributed by atoms with Crippen LogP contribution >= 0.6 is 0 Å². The van der Waals surface area contributed by atoms with Crippen LogP contribution < -0.4 is 5.56 Å². The van der Waals surface area contributed by atoms with E-state index in [1.165, 1.54) is 75.9 Å². The zero-order valence-electron chi connectivity index (χ0n) is 35.0. The van der Waals surface area contributed by atoms with Gasteiger partial charge in [0, 0.05) is 54.5 Å². The molecule has 0 aliphatic heterocycles. The Morgan fingerprint density at radius 1 is 0.246 bits per heavy atom. The van der Waals surface area contributed by atoms with Crippen LogP contribution in [0.5, 0.6) is 0 Å². The second-order valence-electron chi connectivity index (χ2n) is 17.6. The van der Waals surface area contributed by atoms with E-state index >= 15 is 0 Å². The molecule has 0 saturated heterocycles. The van der Waals surface area contributed by atoms with Crippen molar-refractivity contribution in [3.05, 3.63) is 223 Å². The predicted molar refractivity (Wildman–Crippen MR) is 274 cm³/mol. The van der Waals surface area contributed by atoms with E-state index in [1.807, 2.05) is 28.7 Å². The zero-order valence-corrected chi connectivity index (χ0v) is 35.0. The second kappa shape index (κ2) is 12.7. The molecule has 4 nitrogen and oxygen atoms in total. The molecule has 4 heteroatoms. The Morgan fingerprint density at radius 3 is 1.34 bits per heavy atom. The van der Waals surface area contributed by atoms with Gasteiger partial charge in [-0.05, 0) is 128 Å². The van der Waals surface area contributed by atoms with Crippen LogP contribution in [0.3, 0.4) is 0 Å². The highest BCUT2D eigenvalue weighted by Gasteiger charge is 2.21. The number of aromatic nitrogens is 3. The number of benzene rings is 11. The largest absolute Gasteiger partial charge is 0.309 e. The third-order valence-corrected chi connectivity index (χ3v) is 14.3. The van der Waals surface area contributed by atoms with Crippen LogP contribution in [0.25, 0.3) is 136 Å². The van der Waals surface area contributed by atoms with Crippen LogP contribution in [0.15, 0.2) is 217 Å². The summed E-state index contributed by atoms with van der Waals surface area (Å²) in [4.78, 5) is 14.0. The van der Waals surface area contributed by atoms with Gasteiger partial charge < -0.3 is 9.13 Å². The van der Waals surface area contributed by atoms with Crippen LogP contribution in [0, 0.1) is 0 Å². The van der Waals surface area contributed by atoms with Crippen LogP contribution in [0.4, 0.5) is 0 Å². The van der Waals surface area contributed by atoms with Crippen LogP contribution in [-0.4, -0.2) is 13.5 Å². The average Bonchev–Trinajstić information content (AvgIpc) is 4.00. The van der Waals surface area contributed by atoms with Crippen molar-refractivity contribution in [1.29, 1.82) is 0 Å². The molecule has 0 spiro atoms. The summed E-state index contributed by atoms with van der Waals surface area (Å²) >= 11 is 0. The first kappa shape index (κ1) is 34.8. The van der Waals surface area contributed by atoms with Crippen LogP contribution in [-0.2, 0) is 0 Å². The smallest absolute Gasteiger partial charge is 0.263 e. The molecule has 0 fully saturated rings. The molecule has 4 heterocycles. The maximum Gasteiger partial charge on any atom is 0.263 e. The van der Waals surface area contributed by atoms with Crippen molar-refractivity contribution in [3.63, 3.8) is 0 Å². The Hall–Kier alpha value is -8.73. The summed E-state index contributed by atoms with van der Waals surface area (Å²) in [7, 11) is 0. The Morgan fingerprint density at radius 2 is 0.692 bits per heavy atom. The van der Waals surface area contributed by atoms with Crippen molar-refractivity contribution < 1.29 is 0 Å². The molecule has 0 aliphatic carbocycles. The van der Waals surface area contributed by atoms with E-state index in [1.54, 1.807) is 0 Å². The summed E-state index contributed by atoms with van der Waals surface area (Å²) in [6.07, 6.45) is 0. The quantitative estimate of drug-likeness (QED) is 0.163. The van der Waals surface area contributed by atoms with Gasteiger partial charge >= 0.3 is 0 Å². The lowest BCUT2D eigenvalue weighted by atomic mass is 9.91. The Bertz CT molecular complexity index is 4590. The van der Waals surface area contributed by atoms with Gasteiger partial charge in [0.05, 0.1) is 33.1 Å². The number of pyridine rings is 1. The Balaban J connectivity index is 0.970. The molecule has 0 N–H and O–H groups in total. The average molecular weight is 826 g/mol. The summed E-state index contributed by atoms with van der Waals surface area (Å²) in [6.45, 7) is 0. The lowest BCUT2D eigenvalue weighted by molar-refractivity contribution is 1.17. The van der Waals surface area contributed by atoms with Gasteiger partial charge in [-0.25, -0.2) is 0 Å². The molecule has 300 valence electrons.